The molecule has 1 aromatic heterocycles. The number of aromatic nitrogens is 2. The first-order valence-corrected chi connectivity index (χ1v) is 5.67. The molecule has 2 rings (SSSR count). The van der Waals surface area contributed by atoms with Crippen molar-refractivity contribution in [3.8, 4) is 0 Å². The standard InChI is InChI=1S/C12H13FN4O2/c1-8(9-4-3-5-10(13)6-9)14-12-11(17(18)19)7-16(2)15-12/h3-8H,1-2H3,(H,14,15). The Morgan fingerprint density at radius 1 is 1.53 bits per heavy atom. The smallest absolute Gasteiger partial charge is 0.330 e. The summed E-state index contributed by atoms with van der Waals surface area (Å²) < 4.78 is 14.5. The molecule has 0 aliphatic rings. The molecule has 1 atom stereocenters. The molecule has 0 spiro atoms. The van der Waals surface area contributed by atoms with E-state index in [9.17, 15) is 14.5 Å². The van der Waals surface area contributed by atoms with Gasteiger partial charge in [0, 0.05) is 7.05 Å². The van der Waals surface area contributed by atoms with Gasteiger partial charge in [-0.25, -0.2) is 4.39 Å². The van der Waals surface area contributed by atoms with Gasteiger partial charge in [-0.1, -0.05) is 12.1 Å². The first-order valence-electron chi connectivity index (χ1n) is 5.67. The predicted octanol–water partition coefficient (Wildman–Crippen LogP) is 2.64. The van der Waals surface area contributed by atoms with E-state index in [1.54, 1.807) is 26.1 Å². The van der Waals surface area contributed by atoms with Gasteiger partial charge >= 0.3 is 5.69 Å². The number of nitrogens with one attached hydrogen (secondary N) is 1. The highest BCUT2D eigenvalue weighted by molar-refractivity contribution is 5.55. The van der Waals surface area contributed by atoms with E-state index >= 15 is 0 Å². The fourth-order valence-corrected chi connectivity index (χ4v) is 1.78. The van der Waals surface area contributed by atoms with Gasteiger partial charge in [-0.2, -0.15) is 0 Å². The van der Waals surface area contributed by atoms with Crippen LogP contribution in [0.15, 0.2) is 30.5 Å². The molecule has 100 valence electrons. The molecule has 19 heavy (non-hydrogen) atoms. The Labute approximate surface area is 109 Å². The first-order chi connectivity index (χ1) is 8.97. The molecule has 0 saturated carbocycles. The highest BCUT2D eigenvalue weighted by atomic mass is 19.1. The third kappa shape index (κ3) is 2.87. The minimum atomic E-state index is -0.506. The number of rotatable bonds is 4. The Balaban J connectivity index is 2.24. The fraction of sp³-hybridized carbons (Fsp3) is 0.250. The van der Waals surface area contributed by atoms with Gasteiger partial charge in [0.2, 0.25) is 5.82 Å². The summed E-state index contributed by atoms with van der Waals surface area (Å²) in [7, 11) is 1.60. The van der Waals surface area contributed by atoms with Crippen molar-refractivity contribution in [2.75, 3.05) is 5.32 Å². The summed E-state index contributed by atoms with van der Waals surface area (Å²) in [5.41, 5.74) is 0.589. The maximum atomic E-state index is 13.1. The number of nitrogens with zero attached hydrogens (tertiary/aromatic N) is 3. The van der Waals surface area contributed by atoms with Gasteiger partial charge in [0.1, 0.15) is 12.0 Å². The van der Waals surface area contributed by atoms with E-state index in [1.165, 1.54) is 23.0 Å². The molecule has 1 N–H and O–H groups in total. The van der Waals surface area contributed by atoms with Gasteiger partial charge in [-0.15, -0.1) is 5.10 Å². The molecule has 0 bridgehead atoms. The molecule has 0 radical (unpaired) electrons. The second-order valence-electron chi connectivity index (χ2n) is 4.21. The van der Waals surface area contributed by atoms with E-state index in [0.717, 1.165) is 0 Å². The molecular formula is C12H13FN4O2. The Morgan fingerprint density at radius 3 is 2.89 bits per heavy atom. The van der Waals surface area contributed by atoms with Gasteiger partial charge < -0.3 is 5.32 Å². The van der Waals surface area contributed by atoms with Crippen molar-refractivity contribution in [1.29, 1.82) is 0 Å². The lowest BCUT2D eigenvalue weighted by molar-refractivity contribution is -0.384. The van der Waals surface area contributed by atoms with Gasteiger partial charge in [-0.05, 0) is 24.6 Å². The molecule has 0 fully saturated rings. The highest BCUT2D eigenvalue weighted by Gasteiger charge is 2.20. The molecule has 6 nitrogen and oxygen atoms in total. The zero-order valence-corrected chi connectivity index (χ0v) is 10.5. The van der Waals surface area contributed by atoms with Crippen molar-refractivity contribution < 1.29 is 9.31 Å². The Morgan fingerprint density at radius 2 is 2.26 bits per heavy atom. The molecule has 0 saturated heterocycles. The molecule has 1 heterocycles. The van der Waals surface area contributed by atoms with Gasteiger partial charge in [0.25, 0.3) is 0 Å². The third-order valence-corrected chi connectivity index (χ3v) is 2.71. The quantitative estimate of drug-likeness (QED) is 0.680. The average Bonchev–Trinajstić information content (AvgIpc) is 2.70. The number of anilines is 1. The van der Waals surface area contributed by atoms with Crippen molar-refractivity contribution in [2.45, 2.75) is 13.0 Å². The topological polar surface area (TPSA) is 73.0 Å². The van der Waals surface area contributed by atoms with Crippen LogP contribution in [0.3, 0.4) is 0 Å². The van der Waals surface area contributed by atoms with Crippen molar-refractivity contribution in [3.63, 3.8) is 0 Å². The summed E-state index contributed by atoms with van der Waals surface area (Å²) in [6.07, 6.45) is 1.32. The molecule has 1 aromatic carbocycles. The van der Waals surface area contributed by atoms with E-state index in [0.29, 0.717) is 5.56 Å². The summed E-state index contributed by atoms with van der Waals surface area (Å²) in [4.78, 5) is 10.4. The molecule has 2 aromatic rings. The van der Waals surface area contributed by atoms with Crippen molar-refractivity contribution >= 4 is 11.5 Å². The van der Waals surface area contributed by atoms with Crippen LogP contribution in [-0.4, -0.2) is 14.7 Å². The number of aryl methyl sites for hydroxylation is 1. The fourth-order valence-electron chi connectivity index (χ4n) is 1.78. The van der Waals surface area contributed by atoms with Gasteiger partial charge in [-0.3, -0.25) is 14.8 Å². The Hall–Kier alpha value is -2.44. The van der Waals surface area contributed by atoms with Crippen molar-refractivity contribution in [3.05, 3.63) is 52.0 Å². The van der Waals surface area contributed by atoms with Crippen LogP contribution in [0.4, 0.5) is 15.9 Å². The van der Waals surface area contributed by atoms with Crippen LogP contribution < -0.4 is 5.32 Å². The SMILES string of the molecule is CC(Nc1nn(C)cc1[N+](=O)[O-])c1cccc(F)c1. The number of benzene rings is 1. The van der Waals surface area contributed by atoms with Gasteiger partial charge in [0.15, 0.2) is 0 Å². The van der Waals surface area contributed by atoms with Crippen LogP contribution in [0, 0.1) is 15.9 Å². The summed E-state index contributed by atoms with van der Waals surface area (Å²) >= 11 is 0. The third-order valence-electron chi connectivity index (χ3n) is 2.71. The zero-order chi connectivity index (χ0) is 14.0. The number of hydrogen-bond acceptors (Lipinski definition) is 4. The predicted molar refractivity (Wildman–Crippen MR) is 68.3 cm³/mol. The monoisotopic (exact) mass is 264 g/mol. The lowest BCUT2D eigenvalue weighted by Gasteiger charge is -2.13. The molecule has 0 amide bonds. The molecular weight excluding hydrogens is 251 g/mol. The van der Waals surface area contributed by atoms with Crippen molar-refractivity contribution in [2.24, 2.45) is 7.05 Å². The van der Waals surface area contributed by atoms with Crippen LogP contribution in [0.5, 0.6) is 0 Å². The van der Waals surface area contributed by atoms with Crippen molar-refractivity contribution in [1.82, 2.24) is 9.78 Å². The number of halogens is 1. The minimum Gasteiger partial charge on any atom is -0.356 e. The minimum absolute atomic E-state index is 0.106. The summed E-state index contributed by atoms with van der Waals surface area (Å²) in [5.74, 6) is -0.175. The Bertz CT molecular complexity index is 612. The molecule has 7 heteroatoms. The lowest BCUT2D eigenvalue weighted by atomic mass is 10.1. The van der Waals surface area contributed by atoms with E-state index in [-0.39, 0.29) is 23.4 Å². The van der Waals surface area contributed by atoms with Gasteiger partial charge in [0.05, 0.1) is 11.0 Å². The first kappa shape index (κ1) is 13.0. The van der Waals surface area contributed by atoms with E-state index in [2.05, 4.69) is 10.4 Å². The lowest BCUT2D eigenvalue weighted by Crippen LogP contribution is -2.08. The maximum Gasteiger partial charge on any atom is 0.330 e. The van der Waals surface area contributed by atoms with Crippen LogP contribution in [-0.2, 0) is 7.05 Å². The van der Waals surface area contributed by atoms with Crippen LogP contribution >= 0.6 is 0 Å². The second kappa shape index (κ2) is 5.05. The maximum absolute atomic E-state index is 13.1. The molecule has 0 aliphatic heterocycles. The second-order valence-corrected chi connectivity index (χ2v) is 4.21. The normalized spacial score (nSPS) is 12.2. The number of nitro groups is 1. The molecule has 1 unspecified atom stereocenters. The average molecular weight is 264 g/mol. The van der Waals surface area contributed by atoms with Crippen LogP contribution in [0.1, 0.15) is 18.5 Å². The Kier molecular flexibility index (Phi) is 3.46. The van der Waals surface area contributed by atoms with E-state index in [4.69, 9.17) is 0 Å². The van der Waals surface area contributed by atoms with Crippen LogP contribution in [0.25, 0.3) is 0 Å². The van der Waals surface area contributed by atoms with Crippen LogP contribution in [0.2, 0.25) is 0 Å². The summed E-state index contributed by atoms with van der Waals surface area (Å²) in [5, 5.41) is 17.8. The highest BCUT2D eigenvalue weighted by Crippen LogP contribution is 2.26. The van der Waals surface area contributed by atoms with E-state index < -0.39 is 4.92 Å². The molecule has 0 aliphatic carbocycles. The summed E-state index contributed by atoms with van der Waals surface area (Å²) in [6, 6.07) is 5.78. The largest absolute Gasteiger partial charge is 0.356 e. The summed E-state index contributed by atoms with van der Waals surface area (Å²) in [6.45, 7) is 1.78. The van der Waals surface area contributed by atoms with E-state index in [1.807, 2.05) is 0 Å². The number of hydrogen-bond donors (Lipinski definition) is 1. The zero-order valence-electron chi connectivity index (χ0n) is 10.5.